The molecule has 2 aromatic rings. The number of pyridine rings is 1. The normalized spacial score (nSPS) is 17.2. The van der Waals surface area contributed by atoms with Gasteiger partial charge in [-0.2, -0.15) is 13.2 Å². The number of hydrogen-bond donors (Lipinski definition) is 1. The average Bonchev–Trinajstić information content (AvgIpc) is 2.93. The number of aliphatic hydroxyl groups is 1. The molecule has 1 aliphatic heterocycles. The summed E-state index contributed by atoms with van der Waals surface area (Å²) in [6.45, 7) is 4.93. The number of hydrogen-bond acceptors (Lipinski definition) is 5. The molecule has 0 bridgehead atoms. The van der Waals surface area contributed by atoms with Crippen molar-refractivity contribution in [3.63, 3.8) is 0 Å². The van der Waals surface area contributed by atoms with Gasteiger partial charge in [-0.25, -0.2) is 4.98 Å². The summed E-state index contributed by atoms with van der Waals surface area (Å²) in [6, 6.07) is 12.7. The van der Waals surface area contributed by atoms with Crippen molar-refractivity contribution in [2.24, 2.45) is 0 Å². The van der Waals surface area contributed by atoms with Crippen LogP contribution < -0.4 is 4.90 Å². The van der Waals surface area contributed by atoms with Gasteiger partial charge < -0.3 is 10.0 Å². The fraction of sp³-hybridized carbons (Fsp3) is 0.500. The van der Waals surface area contributed by atoms with Gasteiger partial charge in [-0.05, 0) is 37.7 Å². The highest BCUT2D eigenvalue weighted by Crippen LogP contribution is 2.29. The van der Waals surface area contributed by atoms with Gasteiger partial charge in [-0.3, -0.25) is 9.80 Å². The molecule has 1 aromatic carbocycles. The smallest absolute Gasteiger partial charge is 0.390 e. The Labute approximate surface area is 175 Å². The predicted octanol–water partition coefficient (Wildman–Crippen LogP) is 3.11. The van der Waals surface area contributed by atoms with Crippen LogP contribution in [-0.2, 0) is 12.7 Å². The molecule has 164 valence electrons. The van der Waals surface area contributed by atoms with Crippen LogP contribution in [0.15, 0.2) is 48.7 Å². The quantitative estimate of drug-likeness (QED) is 0.743. The van der Waals surface area contributed by atoms with Crippen LogP contribution >= 0.6 is 0 Å². The highest BCUT2D eigenvalue weighted by atomic mass is 19.4. The van der Waals surface area contributed by atoms with Crippen molar-refractivity contribution in [3.05, 3.63) is 59.8 Å². The van der Waals surface area contributed by atoms with Gasteiger partial charge in [0, 0.05) is 45.5 Å². The van der Waals surface area contributed by atoms with Crippen molar-refractivity contribution in [2.45, 2.75) is 25.2 Å². The van der Waals surface area contributed by atoms with E-state index in [2.05, 4.69) is 26.9 Å². The molecule has 0 amide bonds. The van der Waals surface area contributed by atoms with Gasteiger partial charge in [0.05, 0.1) is 11.7 Å². The summed E-state index contributed by atoms with van der Waals surface area (Å²) in [7, 11) is 2.00. The number of aliphatic hydroxyl groups excluding tert-OH is 1. The van der Waals surface area contributed by atoms with Gasteiger partial charge in [0.25, 0.3) is 0 Å². The second kappa shape index (κ2) is 10.2. The fourth-order valence-corrected chi connectivity index (χ4v) is 3.80. The lowest BCUT2D eigenvalue weighted by molar-refractivity contribution is -0.137. The van der Waals surface area contributed by atoms with Gasteiger partial charge in [0.15, 0.2) is 0 Å². The maximum atomic E-state index is 12.7. The van der Waals surface area contributed by atoms with Crippen LogP contribution in [0.25, 0.3) is 0 Å². The number of aromatic nitrogens is 1. The Hall–Kier alpha value is -2.16. The molecule has 2 heterocycles. The number of nitrogens with zero attached hydrogens (tertiary/aromatic N) is 4. The summed E-state index contributed by atoms with van der Waals surface area (Å²) < 4.78 is 38.2. The van der Waals surface area contributed by atoms with Crippen LogP contribution in [0.1, 0.15) is 17.5 Å². The van der Waals surface area contributed by atoms with E-state index in [4.69, 9.17) is 0 Å². The molecule has 30 heavy (non-hydrogen) atoms. The maximum Gasteiger partial charge on any atom is 0.417 e. The largest absolute Gasteiger partial charge is 0.417 e. The standard InChI is InChI=1S/C22H29F3N4O/c1-27(15-18-6-3-2-4-7-18)16-20(30)17-28-10-5-11-29(13-12-28)21-9-8-19(14-26-21)22(23,24)25/h2-4,6-9,14,20,30H,5,10-13,15-17H2,1H3. The number of anilines is 1. The van der Waals surface area contributed by atoms with Gasteiger partial charge in [0.2, 0.25) is 0 Å². The molecule has 1 aromatic heterocycles. The van der Waals surface area contributed by atoms with Crippen LogP contribution in [0.5, 0.6) is 0 Å². The summed E-state index contributed by atoms with van der Waals surface area (Å²) in [5, 5.41) is 10.5. The summed E-state index contributed by atoms with van der Waals surface area (Å²) in [5.41, 5.74) is 0.479. The first-order valence-electron chi connectivity index (χ1n) is 10.2. The lowest BCUT2D eigenvalue weighted by Gasteiger charge is -2.27. The predicted molar refractivity (Wildman–Crippen MR) is 111 cm³/mol. The van der Waals surface area contributed by atoms with Crippen LogP contribution in [0.4, 0.5) is 19.0 Å². The molecule has 3 rings (SSSR count). The first-order chi connectivity index (χ1) is 14.3. The van der Waals surface area contributed by atoms with E-state index in [0.717, 1.165) is 44.9 Å². The molecule has 1 aliphatic rings. The number of alkyl halides is 3. The molecule has 0 saturated carbocycles. The van der Waals surface area contributed by atoms with Crippen molar-refractivity contribution in [2.75, 3.05) is 51.2 Å². The molecule has 8 heteroatoms. The molecule has 0 spiro atoms. The number of halogens is 3. The van der Waals surface area contributed by atoms with Crippen LogP contribution in [0.3, 0.4) is 0 Å². The minimum absolute atomic E-state index is 0.463. The minimum Gasteiger partial charge on any atom is -0.390 e. The van der Waals surface area contributed by atoms with E-state index in [0.29, 0.717) is 25.5 Å². The van der Waals surface area contributed by atoms with Gasteiger partial charge in [-0.1, -0.05) is 30.3 Å². The van der Waals surface area contributed by atoms with Crippen LogP contribution in [0.2, 0.25) is 0 Å². The maximum absolute atomic E-state index is 12.7. The third kappa shape index (κ3) is 6.68. The Morgan fingerprint density at radius 1 is 1.07 bits per heavy atom. The minimum atomic E-state index is -4.37. The van der Waals surface area contributed by atoms with E-state index in [9.17, 15) is 18.3 Å². The monoisotopic (exact) mass is 422 g/mol. The molecule has 5 nitrogen and oxygen atoms in total. The first kappa shape index (κ1) is 22.5. The summed E-state index contributed by atoms with van der Waals surface area (Å²) in [4.78, 5) is 10.3. The van der Waals surface area contributed by atoms with E-state index in [-0.39, 0.29) is 0 Å². The zero-order valence-corrected chi connectivity index (χ0v) is 17.2. The third-order valence-corrected chi connectivity index (χ3v) is 5.27. The Morgan fingerprint density at radius 2 is 1.83 bits per heavy atom. The number of rotatable bonds is 7. The summed E-state index contributed by atoms with van der Waals surface area (Å²) >= 11 is 0. The van der Waals surface area contributed by atoms with Crippen molar-refractivity contribution in [3.8, 4) is 0 Å². The van der Waals surface area contributed by atoms with Crippen LogP contribution in [-0.4, -0.2) is 72.3 Å². The Kier molecular flexibility index (Phi) is 7.69. The van der Waals surface area contributed by atoms with E-state index >= 15 is 0 Å². The lowest BCUT2D eigenvalue weighted by Crippen LogP contribution is -2.40. The third-order valence-electron chi connectivity index (χ3n) is 5.27. The Morgan fingerprint density at radius 3 is 2.50 bits per heavy atom. The molecule has 1 N–H and O–H groups in total. The van der Waals surface area contributed by atoms with Crippen molar-refractivity contribution < 1.29 is 18.3 Å². The molecular weight excluding hydrogens is 393 g/mol. The van der Waals surface area contributed by atoms with E-state index < -0.39 is 17.8 Å². The molecule has 1 saturated heterocycles. The van der Waals surface area contributed by atoms with E-state index in [1.54, 1.807) is 0 Å². The highest BCUT2D eigenvalue weighted by Gasteiger charge is 2.31. The Balaban J connectivity index is 1.46. The Bertz CT molecular complexity index is 770. The average molecular weight is 422 g/mol. The van der Waals surface area contributed by atoms with E-state index in [1.807, 2.05) is 30.1 Å². The van der Waals surface area contributed by atoms with E-state index in [1.165, 1.54) is 11.6 Å². The first-order valence-corrected chi connectivity index (χ1v) is 10.2. The molecule has 1 unspecified atom stereocenters. The molecule has 1 atom stereocenters. The summed E-state index contributed by atoms with van der Waals surface area (Å²) in [5.74, 6) is 0.563. The molecular formula is C22H29F3N4O. The second-order valence-electron chi connectivity index (χ2n) is 7.88. The molecule has 1 fully saturated rings. The SMILES string of the molecule is CN(Cc1ccccc1)CC(O)CN1CCCN(c2ccc(C(F)(F)F)cn2)CC1. The topological polar surface area (TPSA) is 42.8 Å². The number of benzene rings is 1. The summed E-state index contributed by atoms with van der Waals surface area (Å²) in [6.07, 6.45) is -3.07. The number of β-amino-alcohol motifs (C(OH)–C–C–N with tert-alkyl or cyclic N) is 1. The van der Waals surface area contributed by atoms with Crippen molar-refractivity contribution in [1.82, 2.24) is 14.8 Å². The zero-order valence-electron chi connectivity index (χ0n) is 17.2. The fourth-order valence-electron chi connectivity index (χ4n) is 3.80. The molecule has 0 aliphatic carbocycles. The number of likely N-dealkylation sites (N-methyl/N-ethyl adjacent to an activating group) is 1. The van der Waals surface area contributed by atoms with Gasteiger partial charge in [0.1, 0.15) is 5.82 Å². The zero-order chi connectivity index (χ0) is 21.6. The van der Waals surface area contributed by atoms with Crippen molar-refractivity contribution >= 4 is 5.82 Å². The second-order valence-corrected chi connectivity index (χ2v) is 7.88. The lowest BCUT2D eigenvalue weighted by atomic mass is 10.2. The van der Waals surface area contributed by atoms with Gasteiger partial charge >= 0.3 is 6.18 Å². The molecule has 0 radical (unpaired) electrons. The van der Waals surface area contributed by atoms with Gasteiger partial charge in [-0.15, -0.1) is 0 Å². The van der Waals surface area contributed by atoms with Crippen LogP contribution in [0, 0.1) is 0 Å². The highest BCUT2D eigenvalue weighted by molar-refractivity contribution is 5.40. The van der Waals surface area contributed by atoms with Crippen molar-refractivity contribution in [1.29, 1.82) is 0 Å².